The molecule has 0 amide bonds. The zero-order chi connectivity index (χ0) is 11.3. The highest BCUT2D eigenvalue weighted by Gasteiger charge is 2.09. The van der Waals surface area contributed by atoms with Crippen LogP contribution in [0.4, 0.5) is 0 Å². The third-order valence-electron chi connectivity index (χ3n) is 2.29. The standard InChI is InChI=1S/C11H17NO3/c1-4-14-7-8-15-11-5-6-12(13)10(3)9(11)2/h5-6H,4,7-8H2,1-3H3. The van der Waals surface area contributed by atoms with E-state index < -0.39 is 0 Å². The van der Waals surface area contributed by atoms with Gasteiger partial charge in [-0.2, -0.15) is 4.73 Å². The molecule has 0 spiro atoms. The van der Waals surface area contributed by atoms with Gasteiger partial charge in [0, 0.05) is 19.6 Å². The van der Waals surface area contributed by atoms with Crippen LogP contribution in [-0.4, -0.2) is 19.8 Å². The van der Waals surface area contributed by atoms with Gasteiger partial charge in [-0.15, -0.1) is 0 Å². The van der Waals surface area contributed by atoms with Crippen LogP contribution in [0, 0.1) is 19.1 Å². The van der Waals surface area contributed by atoms with E-state index >= 15 is 0 Å². The zero-order valence-electron chi connectivity index (χ0n) is 9.45. The lowest BCUT2D eigenvalue weighted by Crippen LogP contribution is -2.30. The fourth-order valence-electron chi connectivity index (χ4n) is 1.23. The lowest BCUT2D eigenvalue weighted by molar-refractivity contribution is -0.612. The van der Waals surface area contributed by atoms with Crippen molar-refractivity contribution in [3.63, 3.8) is 0 Å². The molecule has 15 heavy (non-hydrogen) atoms. The Morgan fingerprint density at radius 1 is 1.33 bits per heavy atom. The van der Waals surface area contributed by atoms with Gasteiger partial charge < -0.3 is 14.7 Å². The van der Waals surface area contributed by atoms with E-state index in [0.29, 0.717) is 25.5 Å². The molecule has 0 saturated heterocycles. The third kappa shape index (κ3) is 3.09. The Morgan fingerprint density at radius 2 is 2.07 bits per heavy atom. The second-order valence-corrected chi connectivity index (χ2v) is 3.26. The summed E-state index contributed by atoms with van der Waals surface area (Å²) in [4.78, 5) is 0. The van der Waals surface area contributed by atoms with Gasteiger partial charge in [0.2, 0.25) is 0 Å². The maximum Gasteiger partial charge on any atom is 0.196 e. The Balaban J connectivity index is 2.58. The average Bonchev–Trinajstić information content (AvgIpc) is 2.24. The maximum atomic E-state index is 11.2. The van der Waals surface area contributed by atoms with E-state index in [1.54, 1.807) is 13.0 Å². The van der Waals surface area contributed by atoms with Crippen molar-refractivity contribution in [2.75, 3.05) is 19.8 Å². The minimum Gasteiger partial charge on any atom is -0.618 e. The first-order valence-electron chi connectivity index (χ1n) is 5.06. The molecule has 0 aliphatic rings. The summed E-state index contributed by atoms with van der Waals surface area (Å²) in [5, 5.41) is 11.2. The summed E-state index contributed by atoms with van der Waals surface area (Å²) in [6.45, 7) is 7.37. The van der Waals surface area contributed by atoms with Crippen molar-refractivity contribution in [3.05, 3.63) is 28.7 Å². The molecule has 0 saturated carbocycles. The molecule has 1 aromatic rings. The summed E-state index contributed by atoms with van der Waals surface area (Å²) < 4.78 is 11.5. The van der Waals surface area contributed by atoms with Crippen molar-refractivity contribution >= 4 is 0 Å². The minimum absolute atomic E-state index is 0.511. The van der Waals surface area contributed by atoms with Crippen LogP contribution in [0.2, 0.25) is 0 Å². The SMILES string of the molecule is CCOCCOc1cc[n+]([O-])c(C)c1C. The predicted octanol–water partition coefficient (Wildman–Crippen LogP) is 1.35. The van der Waals surface area contributed by atoms with E-state index in [1.165, 1.54) is 6.20 Å². The van der Waals surface area contributed by atoms with E-state index in [0.717, 1.165) is 16.0 Å². The third-order valence-corrected chi connectivity index (χ3v) is 2.29. The van der Waals surface area contributed by atoms with Crippen LogP contribution in [0.25, 0.3) is 0 Å². The van der Waals surface area contributed by atoms with E-state index in [-0.39, 0.29) is 0 Å². The summed E-state index contributed by atoms with van der Waals surface area (Å²) in [7, 11) is 0. The molecule has 0 radical (unpaired) electrons. The van der Waals surface area contributed by atoms with Crippen LogP contribution in [0.15, 0.2) is 12.3 Å². The largest absolute Gasteiger partial charge is 0.618 e. The number of ether oxygens (including phenoxy) is 2. The molecule has 4 heteroatoms. The Bertz CT molecular complexity index is 326. The number of rotatable bonds is 5. The van der Waals surface area contributed by atoms with Gasteiger partial charge >= 0.3 is 0 Å². The molecule has 0 atom stereocenters. The smallest absolute Gasteiger partial charge is 0.196 e. The fourth-order valence-corrected chi connectivity index (χ4v) is 1.23. The molecule has 0 bridgehead atoms. The van der Waals surface area contributed by atoms with Crippen molar-refractivity contribution in [3.8, 4) is 5.75 Å². The second-order valence-electron chi connectivity index (χ2n) is 3.26. The van der Waals surface area contributed by atoms with E-state index in [2.05, 4.69) is 0 Å². The summed E-state index contributed by atoms with van der Waals surface area (Å²) in [6.07, 6.45) is 1.46. The number of aromatic nitrogens is 1. The summed E-state index contributed by atoms with van der Waals surface area (Å²) in [5.41, 5.74) is 1.55. The number of hydrogen-bond donors (Lipinski definition) is 0. The van der Waals surface area contributed by atoms with Crippen LogP contribution in [-0.2, 0) is 4.74 Å². The van der Waals surface area contributed by atoms with Crippen LogP contribution in [0.5, 0.6) is 5.75 Å². The first kappa shape index (κ1) is 11.8. The van der Waals surface area contributed by atoms with Crippen molar-refractivity contribution in [2.45, 2.75) is 20.8 Å². The highest BCUT2D eigenvalue weighted by atomic mass is 16.5. The quantitative estimate of drug-likeness (QED) is 0.419. The van der Waals surface area contributed by atoms with Gasteiger partial charge in [0.15, 0.2) is 11.9 Å². The first-order chi connectivity index (χ1) is 7.16. The monoisotopic (exact) mass is 211 g/mol. The normalized spacial score (nSPS) is 10.3. The summed E-state index contributed by atoms with van der Waals surface area (Å²) >= 11 is 0. The zero-order valence-corrected chi connectivity index (χ0v) is 9.45. The van der Waals surface area contributed by atoms with Gasteiger partial charge in [0.05, 0.1) is 12.2 Å². The molecule has 4 nitrogen and oxygen atoms in total. The molecular formula is C11H17NO3. The van der Waals surface area contributed by atoms with E-state index in [4.69, 9.17) is 9.47 Å². The lowest BCUT2D eigenvalue weighted by atomic mass is 10.2. The summed E-state index contributed by atoms with van der Waals surface area (Å²) in [5.74, 6) is 0.749. The second kappa shape index (κ2) is 5.56. The molecule has 0 fully saturated rings. The molecule has 0 N–H and O–H groups in total. The Labute approximate surface area is 90.0 Å². The first-order valence-corrected chi connectivity index (χ1v) is 5.06. The van der Waals surface area contributed by atoms with Crippen LogP contribution in [0.3, 0.4) is 0 Å². The molecule has 0 unspecified atom stereocenters. The predicted molar refractivity (Wildman–Crippen MR) is 56.9 cm³/mol. The van der Waals surface area contributed by atoms with Gasteiger partial charge in [-0.1, -0.05) is 0 Å². The Hall–Kier alpha value is -1.29. The maximum absolute atomic E-state index is 11.2. The highest BCUT2D eigenvalue weighted by molar-refractivity contribution is 5.31. The molecule has 0 aliphatic carbocycles. The van der Waals surface area contributed by atoms with Crippen molar-refractivity contribution in [2.24, 2.45) is 0 Å². The molecule has 1 rings (SSSR count). The van der Waals surface area contributed by atoms with Gasteiger partial charge in [-0.05, 0) is 13.8 Å². The minimum atomic E-state index is 0.511. The summed E-state index contributed by atoms with van der Waals surface area (Å²) in [6, 6.07) is 1.68. The topological polar surface area (TPSA) is 45.4 Å². The molecule has 1 heterocycles. The van der Waals surface area contributed by atoms with Crippen molar-refractivity contribution in [1.29, 1.82) is 0 Å². The van der Waals surface area contributed by atoms with Crippen molar-refractivity contribution < 1.29 is 14.2 Å². The molecule has 1 aromatic heterocycles. The molecule has 0 aromatic carbocycles. The van der Waals surface area contributed by atoms with Crippen LogP contribution in [0.1, 0.15) is 18.2 Å². The van der Waals surface area contributed by atoms with Gasteiger partial charge in [-0.25, -0.2) is 0 Å². The Kier molecular flexibility index (Phi) is 4.37. The lowest BCUT2D eigenvalue weighted by Gasteiger charge is -2.10. The van der Waals surface area contributed by atoms with Gasteiger partial charge in [-0.3, -0.25) is 0 Å². The molecule has 84 valence electrons. The molecular weight excluding hydrogens is 194 g/mol. The number of nitrogens with zero attached hydrogens (tertiary/aromatic N) is 1. The van der Waals surface area contributed by atoms with Crippen molar-refractivity contribution in [1.82, 2.24) is 0 Å². The average molecular weight is 211 g/mol. The number of hydrogen-bond acceptors (Lipinski definition) is 3. The molecule has 0 aliphatic heterocycles. The van der Waals surface area contributed by atoms with Gasteiger partial charge in [0.1, 0.15) is 12.4 Å². The highest BCUT2D eigenvalue weighted by Crippen LogP contribution is 2.17. The van der Waals surface area contributed by atoms with E-state index in [1.807, 2.05) is 13.8 Å². The van der Waals surface area contributed by atoms with Crippen LogP contribution < -0.4 is 9.47 Å². The fraction of sp³-hybridized carbons (Fsp3) is 0.545. The van der Waals surface area contributed by atoms with E-state index in [9.17, 15) is 5.21 Å². The number of pyridine rings is 1. The van der Waals surface area contributed by atoms with Gasteiger partial charge in [0.25, 0.3) is 0 Å². The Morgan fingerprint density at radius 3 is 2.73 bits per heavy atom. The van der Waals surface area contributed by atoms with Crippen LogP contribution >= 0.6 is 0 Å².